The van der Waals surface area contributed by atoms with Gasteiger partial charge in [-0.2, -0.15) is 10.1 Å². The fourth-order valence-corrected chi connectivity index (χ4v) is 3.46. The van der Waals surface area contributed by atoms with Crippen LogP contribution < -0.4 is 5.32 Å². The largest absolute Gasteiger partial charge is 0.339 e. The van der Waals surface area contributed by atoms with Gasteiger partial charge in [-0.3, -0.25) is 4.79 Å². The molecule has 0 saturated heterocycles. The van der Waals surface area contributed by atoms with Crippen molar-refractivity contribution in [2.45, 2.75) is 26.2 Å². The minimum atomic E-state index is -0.324. The van der Waals surface area contributed by atoms with Crippen LogP contribution in [-0.4, -0.2) is 25.8 Å². The van der Waals surface area contributed by atoms with Gasteiger partial charge in [0.05, 0.1) is 11.4 Å². The van der Waals surface area contributed by atoms with Gasteiger partial charge in [0.2, 0.25) is 17.6 Å². The molecule has 0 unspecified atom stereocenters. The molecule has 0 radical (unpaired) electrons. The zero-order chi connectivity index (χ0) is 21.8. The van der Waals surface area contributed by atoms with E-state index in [4.69, 9.17) is 4.52 Å². The Bertz CT molecular complexity index is 1200. The number of aromatic nitrogens is 4. The molecule has 2 aromatic heterocycles. The maximum atomic E-state index is 13.0. The van der Waals surface area contributed by atoms with E-state index in [9.17, 15) is 9.18 Å². The number of nitrogens with zero attached hydrogens (tertiary/aromatic N) is 4. The van der Waals surface area contributed by atoms with Crippen molar-refractivity contribution in [1.29, 1.82) is 0 Å². The Morgan fingerprint density at radius 3 is 2.77 bits per heavy atom. The van der Waals surface area contributed by atoms with Crippen LogP contribution in [0.3, 0.4) is 0 Å². The maximum Gasteiger partial charge on any atom is 0.226 e. The Labute approximate surface area is 186 Å². The highest BCUT2D eigenvalue weighted by molar-refractivity contribution is 9.10. The van der Waals surface area contributed by atoms with Gasteiger partial charge in [0.15, 0.2) is 0 Å². The number of aryl methyl sites for hydroxylation is 2. The maximum absolute atomic E-state index is 13.0. The fourth-order valence-electron chi connectivity index (χ4n) is 3.07. The van der Waals surface area contributed by atoms with Gasteiger partial charge in [0.25, 0.3) is 0 Å². The normalized spacial score (nSPS) is 10.9. The molecular formula is C22H19BrFN5O2. The fraction of sp³-hybridized carbons (Fsp3) is 0.182. The first-order chi connectivity index (χ1) is 15.0. The lowest BCUT2D eigenvalue weighted by atomic mass is 10.2. The summed E-state index contributed by atoms with van der Waals surface area (Å²) in [5.74, 6) is 0.983. The highest BCUT2D eigenvalue weighted by atomic mass is 79.9. The summed E-state index contributed by atoms with van der Waals surface area (Å²) in [6.07, 6.45) is 1.30. The average molecular weight is 484 g/mol. The molecule has 2 aromatic carbocycles. The number of carbonyl (C=O) groups is 1. The Morgan fingerprint density at radius 1 is 1.19 bits per heavy atom. The Kier molecular flexibility index (Phi) is 6.22. The van der Waals surface area contributed by atoms with E-state index in [1.54, 1.807) is 16.8 Å². The van der Waals surface area contributed by atoms with E-state index in [1.807, 2.05) is 37.3 Å². The molecule has 1 N–H and O–H groups in total. The van der Waals surface area contributed by atoms with Crippen molar-refractivity contribution in [1.82, 2.24) is 19.9 Å². The lowest BCUT2D eigenvalue weighted by molar-refractivity contribution is -0.116. The summed E-state index contributed by atoms with van der Waals surface area (Å²) in [4.78, 5) is 16.8. The van der Waals surface area contributed by atoms with Crippen LogP contribution in [0.1, 0.15) is 24.4 Å². The zero-order valence-corrected chi connectivity index (χ0v) is 18.3. The van der Waals surface area contributed by atoms with Crippen LogP contribution >= 0.6 is 15.9 Å². The number of benzene rings is 2. The standard InChI is InChI=1S/C22H19BrFN5O2/c1-14-12-19(29(27-14)18-5-2-4-16(23)13-18)25-20(30)6-3-7-21-26-22(28-31-21)15-8-10-17(24)11-9-15/h2,4-5,8-13H,3,6-7H2,1H3,(H,25,30). The van der Waals surface area contributed by atoms with E-state index in [0.717, 1.165) is 15.9 Å². The number of rotatable bonds is 7. The highest BCUT2D eigenvalue weighted by Crippen LogP contribution is 2.21. The van der Waals surface area contributed by atoms with Gasteiger partial charge in [-0.15, -0.1) is 0 Å². The topological polar surface area (TPSA) is 85.8 Å². The van der Waals surface area contributed by atoms with Gasteiger partial charge >= 0.3 is 0 Å². The third-order valence-electron chi connectivity index (χ3n) is 4.52. The lowest BCUT2D eigenvalue weighted by Gasteiger charge is -2.09. The summed E-state index contributed by atoms with van der Waals surface area (Å²) in [6, 6.07) is 15.4. The molecule has 4 rings (SSSR count). The number of hydrogen-bond donors (Lipinski definition) is 1. The first-order valence-corrected chi connectivity index (χ1v) is 10.5. The molecule has 0 bridgehead atoms. The molecular weight excluding hydrogens is 465 g/mol. The Hall–Kier alpha value is -3.33. The van der Waals surface area contributed by atoms with Gasteiger partial charge in [-0.1, -0.05) is 27.2 Å². The Morgan fingerprint density at radius 2 is 2.00 bits per heavy atom. The first kappa shape index (κ1) is 20.9. The summed E-state index contributed by atoms with van der Waals surface area (Å²) in [5.41, 5.74) is 2.32. The Balaban J connectivity index is 1.34. The van der Waals surface area contributed by atoms with Crippen molar-refractivity contribution < 1.29 is 13.7 Å². The number of amides is 1. The predicted molar refractivity (Wildman–Crippen MR) is 117 cm³/mol. The van der Waals surface area contributed by atoms with Gasteiger partial charge < -0.3 is 9.84 Å². The van der Waals surface area contributed by atoms with Gasteiger partial charge in [0, 0.05) is 28.9 Å². The van der Waals surface area contributed by atoms with Crippen molar-refractivity contribution >= 4 is 27.7 Å². The number of halogens is 2. The van der Waals surface area contributed by atoms with Crippen LogP contribution in [0.2, 0.25) is 0 Å². The van der Waals surface area contributed by atoms with E-state index < -0.39 is 0 Å². The summed E-state index contributed by atoms with van der Waals surface area (Å²) in [6.45, 7) is 1.87. The average Bonchev–Trinajstić information content (AvgIpc) is 3.35. The molecule has 7 nitrogen and oxygen atoms in total. The van der Waals surface area contributed by atoms with Crippen LogP contribution in [-0.2, 0) is 11.2 Å². The summed E-state index contributed by atoms with van der Waals surface area (Å²) < 4.78 is 20.9. The van der Waals surface area contributed by atoms with Crippen LogP contribution in [0, 0.1) is 12.7 Å². The quantitative estimate of drug-likeness (QED) is 0.395. The number of hydrogen-bond acceptors (Lipinski definition) is 5. The van der Waals surface area contributed by atoms with Crippen molar-refractivity contribution in [3.05, 3.63) is 76.5 Å². The third kappa shape index (κ3) is 5.24. The molecule has 0 spiro atoms. The summed E-state index contributed by atoms with van der Waals surface area (Å²) in [5, 5.41) is 11.3. The van der Waals surface area contributed by atoms with Crippen molar-refractivity contribution in [2.24, 2.45) is 0 Å². The monoisotopic (exact) mass is 483 g/mol. The van der Waals surface area contributed by atoms with Crippen LogP contribution in [0.4, 0.5) is 10.2 Å². The zero-order valence-electron chi connectivity index (χ0n) is 16.7. The number of nitrogens with one attached hydrogen (secondary N) is 1. The van der Waals surface area contributed by atoms with Gasteiger partial charge in [-0.05, 0) is 55.8 Å². The lowest BCUT2D eigenvalue weighted by Crippen LogP contribution is -2.15. The molecule has 0 atom stereocenters. The molecule has 1 amide bonds. The molecule has 0 aliphatic heterocycles. The minimum absolute atomic E-state index is 0.130. The van der Waals surface area contributed by atoms with E-state index in [0.29, 0.717) is 35.9 Å². The number of carbonyl (C=O) groups excluding carboxylic acids is 1. The first-order valence-electron chi connectivity index (χ1n) is 9.69. The van der Waals surface area contributed by atoms with E-state index in [1.165, 1.54) is 12.1 Å². The third-order valence-corrected chi connectivity index (χ3v) is 5.01. The second-order valence-electron chi connectivity index (χ2n) is 6.98. The van der Waals surface area contributed by atoms with E-state index in [-0.39, 0.29) is 18.1 Å². The second kappa shape index (κ2) is 9.22. The van der Waals surface area contributed by atoms with Crippen molar-refractivity contribution in [2.75, 3.05) is 5.32 Å². The molecule has 0 aliphatic carbocycles. The smallest absolute Gasteiger partial charge is 0.226 e. The predicted octanol–water partition coefficient (Wildman–Crippen LogP) is 5.09. The van der Waals surface area contributed by atoms with E-state index in [2.05, 4.69) is 36.5 Å². The molecule has 158 valence electrons. The molecule has 2 heterocycles. The molecule has 0 fully saturated rings. The van der Waals surface area contributed by atoms with Crippen LogP contribution in [0.15, 0.2) is 63.6 Å². The summed E-state index contributed by atoms with van der Waals surface area (Å²) in [7, 11) is 0. The minimum Gasteiger partial charge on any atom is -0.339 e. The van der Waals surface area contributed by atoms with Gasteiger partial charge in [0.1, 0.15) is 11.6 Å². The van der Waals surface area contributed by atoms with Crippen LogP contribution in [0.5, 0.6) is 0 Å². The second-order valence-corrected chi connectivity index (χ2v) is 7.90. The molecule has 9 heteroatoms. The highest BCUT2D eigenvalue weighted by Gasteiger charge is 2.13. The molecule has 4 aromatic rings. The summed E-state index contributed by atoms with van der Waals surface area (Å²) >= 11 is 3.45. The van der Waals surface area contributed by atoms with Crippen molar-refractivity contribution in [3.8, 4) is 17.1 Å². The van der Waals surface area contributed by atoms with E-state index >= 15 is 0 Å². The molecule has 0 aliphatic rings. The molecule has 0 saturated carbocycles. The molecule has 31 heavy (non-hydrogen) atoms. The SMILES string of the molecule is Cc1cc(NC(=O)CCCc2nc(-c3ccc(F)cc3)no2)n(-c2cccc(Br)c2)n1. The van der Waals surface area contributed by atoms with Crippen molar-refractivity contribution in [3.63, 3.8) is 0 Å². The van der Waals surface area contributed by atoms with Gasteiger partial charge in [-0.25, -0.2) is 9.07 Å². The number of anilines is 1. The van der Waals surface area contributed by atoms with Crippen LogP contribution in [0.25, 0.3) is 17.1 Å².